The van der Waals surface area contributed by atoms with E-state index in [0.29, 0.717) is 6.04 Å². The summed E-state index contributed by atoms with van der Waals surface area (Å²) in [6.07, 6.45) is 51.9. The van der Waals surface area contributed by atoms with Crippen LogP contribution in [0.4, 0.5) is 0 Å². The van der Waals surface area contributed by atoms with Crippen molar-refractivity contribution in [3.8, 4) is 0 Å². The third kappa shape index (κ3) is 36.0. The van der Waals surface area contributed by atoms with Crippen LogP contribution in [0, 0.1) is 0 Å². The molecule has 1 heteroatoms. The summed E-state index contributed by atoms with van der Waals surface area (Å²) in [5, 5.41) is 0. The zero-order valence-corrected chi connectivity index (χ0v) is 28.6. The summed E-state index contributed by atoms with van der Waals surface area (Å²) in [5.41, 5.74) is 6.41. The first-order chi connectivity index (χ1) is 19.8. The number of unbranched alkanes of at least 4 members (excludes halogenated alkanes) is 32. The van der Waals surface area contributed by atoms with Gasteiger partial charge < -0.3 is 5.73 Å². The summed E-state index contributed by atoms with van der Waals surface area (Å²) < 4.78 is 0. The summed E-state index contributed by atoms with van der Waals surface area (Å²) >= 11 is 0. The van der Waals surface area contributed by atoms with Gasteiger partial charge in [0, 0.05) is 6.04 Å². The Morgan fingerprint density at radius 1 is 0.250 bits per heavy atom. The molecule has 0 aromatic carbocycles. The maximum absolute atomic E-state index is 6.41. The predicted molar refractivity (Wildman–Crippen MR) is 186 cm³/mol. The van der Waals surface area contributed by atoms with Crippen LogP contribution < -0.4 is 5.73 Å². The van der Waals surface area contributed by atoms with Crippen LogP contribution in [0.3, 0.4) is 0 Å². The van der Waals surface area contributed by atoms with Crippen molar-refractivity contribution in [1.82, 2.24) is 0 Å². The van der Waals surface area contributed by atoms with E-state index in [-0.39, 0.29) is 0 Å². The Kier molecular flexibility index (Phi) is 36.9. The van der Waals surface area contributed by atoms with Crippen molar-refractivity contribution < 1.29 is 0 Å². The van der Waals surface area contributed by atoms with Crippen LogP contribution in [0.15, 0.2) is 0 Å². The first kappa shape index (κ1) is 40.0. The number of hydrogen-bond acceptors (Lipinski definition) is 1. The minimum Gasteiger partial charge on any atom is -0.328 e. The van der Waals surface area contributed by atoms with E-state index in [1.54, 1.807) is 0 Å². The predicted octanol–water partition coefficient (Wildman–Crippen LogP) is 14.4. The van der Waals surface area contributed by atoms with Gasteiger partial charge in [0.2, 0.25) is 0 Å². The van der Waals surface area contributed by atoms with Gasteiger partial charge in [-0.15, -0.1) is 0 Å². The Hall–Kier alpha value is -0.0400. The highest BCUT2D eigenvalue weighted by Gasteiger charge is 2.03. The molecule has 40 heavy (non-hydrogen) atoms. The highest BCUT2D eigenvalue weighted by Crippen LogP contribution is 2.17. The fraction of sp³-hybridized carbons (Fsp3) is 1.00. The van der Waals surface area contributed by atoms with Gasteiger partial charge in [-0.2, -0.15) is 0 Å². The standard InChI is InChI=1S/C39H81N/c1-3-5-7-9-11-13-15-17-19-21-22-24-26-28-30-32-34-36-38-39(40)37-35-33-31-29-27-25-23-20-18-16-14-12-10-8-6-4-2/h39H,3-38,40H2,1-2H3. The van der Waals surface area contributed by atoms with Gasteiger partial charge in [-0.25, -0.2) is 0 Å². The van der Waals surface area contributed by atoms with E-state index >= 15 is 0 Å². The molecule has 1 unspecified atom stereocenters. The second-order valence-electron chi connectivity index (χ2n) is 13.7. The van der Waals surface area contributed by atoms with Crippen molar-refractivity contribution in [2.75, 3.05) is 0 Å². The van der Waals surface area contributed by atoms with E-state index in [1.807, 2.05) is 0 Å². The molecule has 0 radical (unpaired) electrons. The highest BCUT2D eigenvalue weighted by molar-refractivity contribution is 4.62. The first-order valence-corrected chi connectivity index (χ1v) is 19.6. The monoisotopic (exact) mass is 564 g/mol. The van der Waals surface area contributed by atoms with Crippen molar-refractivity contribution in [3.05, 3.63) is 0 Å². The molecule has 0 aliphatic rings. The molecule has 1 atom stereocenters. The molecule has 0 aromatic rings. The third-order valence-corrected chi connectivity index (χ3v) is 9.36. The van der Waals surface area contributed by atoms with Crippen LogP contribution >= 0.6 is 0 Å². The molecule has 0 aliphatic carbocycles. The second kappa shape index (κ2) is 37.0. The Morgan fingerprint density at radius 3 is 0.575 bits per heavy atom. The van der Waals surface area contributed by atoms with Gasteiger partial charge in [0.1, 0.15) is 0 Å². The van der Waals surface area contributed by atoms with Gasteiger partial charge in [0.25, 0.3) is 0 Å². The lowest BCUT2D eigenvalue weighted by atomic mass is 10.00. The lowest BCUT2D eigenvalue weighted by Gasteiger charge is -2.11. The van der Waals surface area contributed by atoms with Crippen LogP contribution in [0.2, 0.25) is 0 Å². The van der Waals surface area contributed by atoms with Crippen molar-refractivity contribution >= 4 is 0 Å². The molecule has 0 heterocycles. The summed E-state index contributed by atoms with van der Waals surface area (Å²) in [5.74, 6) is 0. The average Bonchev–Trinajstić information content (AvgIpc) is 2.96. The molecule has 0 saturated carbocycles. The van der Waals surface area contributed by atoms with E-state index in [1.165, 1.54) is 231 Å². The van der Waals surface area contributed by atoms with Crippen LogP contribution in [-0.2, 0) is 0 Å². The fourth-order valence-electron chi connectivity index (χ4n) is 6.41. The van der Waals surface area contributed by atoms with Crippen LogP contribution in [0.25, 0.3) is 0 Å². The van der Waals surface area contributed by atoms with Gasteiger partial charge >= 0.3 is 0 Å². The molecule has 0 fully saturated rings. The van der Waals surface area contributed by atoms with Crippen molar-refractivity contribution in [3.63, 3.8) is 0 Å². The third-order valence-electron chi connectivity index (χ3n) is 9.36. The van der Waals surface area contributed by atoms with Crippen molar-refractivity contribution in [2.24, 2.45) is 5.73 Å². The topological polar surface area (TPSA) is 26.0 Å². The smallest absolute Gasteiger partial charge is 0.00388 e. The van der Waals surface area contributed by atoms with E-state index in [9.17, 15) is 0 Å². The van der Waals surface area contributed by atoms with Crippen LogP contribution in [-0.4, -0.2) is 6.04 Å². The summed E-state index contributed by atoms with van der Waals surface area (Å²) in [4.78, 5) is 0. The van der Waals surface area contributed by atoms with Gasteiger partial charge in [0.15, 0.2) is 0 Å². The summed E-state index contributed by atoms with van der Waals surface area (Å²) in [6, 6.07) is 0.465. The Labute approximate surface area is 256 Å². The molecule has 0 aromatic heterocycles. The molecule has 242 valence electrons. The number of nitrogens with two attached hydrogens (primary N) is 1. The molecular weight excluding hydrogens is 482 g/mol. The highest BCUT2D eigenvalue weighted by atomic mass is 14.6. The van der Waals surface area contributed by atoms with Crippen LogP contribution in [0.1, 0.15) is 245 Å². The van der Waals surface area contributed by atoms with Gasteiger partial charge in [-0.3, -0.25) is 0 Å². The van der Waals surface area contributed by atoms with E-state index in [4.69, 9.17) is 5.73 Å². The SMILES string of the molecule is CCCCCCCCCCCCCCCCCCCCC(N)CCCCCCCCCCCCCCCCCC. The lowest BCUT2D eigenvalue weighted by Crippen LogP contribution is -2.19. The van der Waals surface area contributed by atoms with Crippen molar-refractivity contribution in [2.45, 2.75) is 251 Å². The molecule has 0 rings (SSSR count). The summed E-state index contributed by atoms with van der Waals surface area (Å²) in [7, 11) is 0. The maximum Gasteiger partial charge on any atom is 0.00388 e. The molecule has 0 amide bonds. The number of rotatable bonds is 36. The van der Waals surface area contributed by atoms with Crippen molar-refractivity contribution in [1.29, 1.82) is 0 Å². The minimum absolute atomic E-state index is 0.465. The normalized spacial score (nSPS) is 12.4. The largest absolute Gasteiger partial charge is 0.328 e. The molecular formula is C39H81N. The molecule has 1 nitrogen and oxygen atoms in total. The van der Waals surface area contributed by atoms with Gasteiger partial charge in [0.05, 0.1) is 0 Å². The van der Waals surface area contributed by atoms with E-state index < -0.39 is 0 Å². The van der Waals surface area contributed by atoms with Crippen LogP contribution in [0.5, 0.6) is 0 Å². The van der Waals surface area contributed by atoms with Gasteiger partial charge in [-0.05, 0) is 12.8 Å². The Balaban J connectivity index is 3.13. The summed E-state index contributed by atoms with van der Waals surface area (Å²) in [6.45, 7) is 4.61. The minimum atomic E-state index is 0.465. The fourth-order valence-corrected chi connectivity index (χ4v) is 6.41. The Bertz CT molecular complexity index is 419. The molecule has 0 bridgehead atoms. The number of hydrogen-bond donors (Lipinski definition) is 1. The zero-order chi connectivity index (χ0) is 29.0. The quantitative estimate of drug-likeness (QED) is 0.0753. The second-order valence-corrected chi connectivity index (χ2v) is 13.7. The molecule has 2 N–H and O–H groups in total. The molecule has 0 aliphatic heterocycles. The average molecular weight is 564 g/mol. The van der Waals surface area contributed by atoms with E-state index in [2.05, 4.69) is 13.8 Å². The molecule has 0 spiro atoms. The lowest BCUT2D eigenvalue weighted by molar-refractivity contribution is 0.477. The van der Waals surface area contributed by atoms with Gasteiger partial charge in [-0.1, -0.05) is 232 Å². The maximum atomic E-state index is 6.41. The Morgan fingerprint density at radius 2 is 0.400 bits per heavy atom. The first-order valence-electron chi connectivity index (χ1n) is 19.6. The van der Waals surface area contributed by atoms with E-state index in [0.717, 1.165) is 0 Å². The zero-order valence-electron chi connectivity index (χ0n) is 28.6. The molecule has 0 saturated heterocycles.